The molecule has 0 aliphatic heterocycles. The second-order valence-corrected chi connectivity index (χ2v) is 14.6. The Kier molecular flexibility index (Phi) is 10.1. The van der Waals surface area contributed by atoms with Crippen molar-refractivity contribution in [2.24, 2.45) is 0 Å². The third-order valence-corrected chi connectivity index (χ3v) is 9.95. The van der Waals surface area contributed by atoms with E-state index in [1.54, 1.807) is 0 Å². The summed E-state index contributed by atoms with van der Waals surface area (Å²) in [4.78, 5) is 4.68. The Morgan fingerprint density at radius 1 is 0.346 bits per heavy atom. The summed E-state index contributed by atoms with van der Waals surface area (Å²) in [6.45, 7) is 13.2. The van der Waals surface area contributed by atoms with Gasteiger partial charge in [0.15, 0.2) is 0 Å². The molecule has 52 heavy (non-hydrogen) atoms. The van der Waals surface area contributed by atoms with Crippen LogP contribution in [0.15, 0.2) is 158 Å². The number of hydrogen-bond donors (Lipinski definition) is 0. The number of benzene rings is 7. The van der Waals surface area contributed by atoms with Gasteiger partial charge in [-0.1, -0.05) is 130 Å². The predicted molar refractivity (Wildman–Crippen MR) is 226 cm³/mol. The van der Waals surface area contributed by atoms with Crippen molar-refractivity contribution in [1.82, 2.24) is 0 Å². The molecule has 0 aliphatic rings. The molecule has 0 fully saturated rings. The number of rotatable bonds is 10. The summed E-state index contributed by atoms with van der Waals surface area (Å²) >= 11 is 0. The van der Waals surface area contributed by atoms with Crippen LogP contribution in [0.3, 0.4) is 0 Å². The van der Waals surface area contributed by atoms with Crippen LogP contribution in [0.2, 0.25) is 0 Å². The summed E-state index contributed by atoms with van der Waals surface area (Å²) in [7, 11) is 0. The molecule has 0 amide bonds. The second kappa shape index (κ2) is 15.2. The topological polar surface area (TPSA) is 6.48 Å². The van der Waals surface area contributed by atoms with E-state index in [-0.39, 0.29) is 0 Å². The first-order valence-electron chi connectivity index (χ1n) is 18.5. The monoisotopic (exact) mass is 676 g/mol. The molecule has 0 spiro atoms. The van der Waals surface area contributed by atoms with Gasteiger partial charge < -0.3 is 9.80 Å². The minimum absolute atomic E-state index is 0.498. The van der Waals surface area contributed by atoms with Crippen LogP contribution in [-0.2, 0) is 0 Å². The molecule has 0 saturated heterocycles. The van der Waals surface area contributed by atoms with Gasteiger partial charge in [-0.25, -0.2) is 0 Å². The summed E-state index contributed by atoms with van der Waals surface area (Å²) in [5.41, 5.74) is 14.4. The Bertz CT molecular complexity index is 2280. The Hall–Kier alpha value is -5.86. The van der Waals surface area contributed by atoms with E-state index < -0.39 is 0 Å². The zero-order valence-corrected chi connectivity index (χ0v) is 31.2. The zero-order chi connectivity index (χ0) is 36.2. The highest BCUT2D eigenvalue weighted by Gasteiger charge is 2.15. The average molecular weight is 677 g/mol. The molecular weight excluding hydrogens is 629 g/mol. The molecule has 0 heterocycles. The molecule has 0 saturated carbocycles. The lowest BCUT2D eigenvalue weighted by Crippen LogP contribution is -2.10. The Balaban J connectivity index is 1.14. The van der Waals surface area contributed by atoms with E-state index in [0.29, 0.717) is 11.8 Å². The zero-order valence-electron chi connectivity index (χ0n) is 31.2. The smallest absolute Gasteiger partial charge is 0.0468 e. The van der Waals surface area contributed by atoms with Crippen LogP contribution < -0.4 is 9.80 Å². The fraction of sp³-hybridized carbons (Fsp3) is 0.160. The van der Waals surface area contributed by atoms with Crippen molar-refractivity contribution in [3.05, 3.63) is 191 Å². The first-order valence-corrected chi connectivity index (χ1v) is 18.5. The minimum Gasteiger partial charge on any atom is -0.311 e. The predicted octanol–water partition coefficient (Wildman–Crippen LogP) is 14.8. The van der Waals surface area contributed by atoms with E-state index in [4.69, 9.17) is 0 Å². The molecule has 0 radical (unpaired) electrons. The van der Waals surface area contributed by atoms with E-state index in [9.17, 15) is 0 Å². The summed E-state index contributed by atoms with van der Waals surface area (Å²) in [6, 6.07) is 57.8. The molecule has 2 nitrogen and oxygen atoms in total. The van der Waals surface area contributed by atoms with Gasteiger partial charge in [-0.3, -0.25) is 0 Å². The highest BCUT2D eigenvalue weighted by molar-refractivity contribution is 5.91. The lowest BCUT2D eigenvalue weighted by atomic mass is 10.0. The normalized spacial score (nSPS) is 11.5. The third-order valence-electron chi connectivity index (χ3n) is 9.95. The van der Waals surface area contributed by atoms with Crippen molar-refractivity contribution < 1.29 is 0 Å². The maximum atomic E-state index is 2.35. The van der Waals surface area contributed by atoms with Gasteiger partial charge in [0.05, 0.1) is 0 Å². The van der Waals surface area contributed by atoms with Crippen LogP contribution in [0.4, 0.5) is 34.1 Å². The lowest BCUT2D eigenvalue weighted by Gasteiger charge is -2.26. The number of anilines is 6. The van der Waals surface area contributed by atoms with Gasteiger partial charge in [0, 0.05) is 34.1 Å². The molecule has 0 N–H and O–H groups in total. The summed E-state index contributed by atoms with van der Waals surface area (Å²) in [6.07, 6.45) is 4.41. The highest BCUT2D eigenvalue weighted by atomic mass is 15.1. The van der Waals surface area contributed by atoms with Crippen molar-refractivity contribution >= 4 is 57.0 Å². The second-order valence-electron chi connectivity index (χ2n) is 14.6. The number of hydrogen-bond acceptors (Lipinski definition) is 2. The first-order chi connectivity index (χ1) is 25.2. The molecule has 0 aliphatic carbocycles. The molecule has 0 unspecified atom stereocenters. The van der Waals surface area contributed by atoms with Crippen LogP contribution in [0, 0.1) is 13.8 Å². The largest absolute Gasteiger partial charge is 0.311 e. The molecule has 7 aromatic carbocycles. The molecule has 0 bridgehead atoms. The summed E-state index contributed by atoms with van der Waals surface area (Å²) in [5.74, 6) is 0.998. The Morgan fingerprint density at radius 2 is 0.673 bits per heavy atom. The highest BCUT2D eigenvalue weighted by Crippen LogP contribution is 2.38. The molecular formula is C50H48N2. The van der Waals surface area contributed by atoms with Crippen LogP contribution in [0.1, 0.15) is 72.9 Å². The maximum absolute atomic E-state index is 2.35. The van der Waals surface area contributed by atoms with Gasteiger partial charge in [0.2, 0.25) is 0 Å². The Morgan fingerprint density at radius 3 is 1.13 bits per heavy atom. The van der Waals surface area contributed by atoms with Gasteiger partial charge in [-0.2, -0.15) is 0 Å². The van der Waals surface area contributed by atoms with E-state index in [0.717, 1.165) is 39.7 Å². The van der Waals surface area contributed by atoms with Crippen LogP contribution in [0.5, 0.6) is 0 Å². The molecule has 258 valence electrons. The van der Waals surface area contributed by atoms with E-state index in [1.165, 1.54) is 38.6 Å². The first kappa shape index (κ1) is 34.6. The quantitative estimate of drug-likeness (QED) is 0.133. The number of aryl methyl sites for hydroxylation is 2. The fourth-order valence-corrected chi connectivity index (χ4v) is 6.72. The van der Waals surface area contributed by atoms with Gasteiger partial charge in [0.1, 0.15) is 0 Å². The van der Waals surface area contributed by atoms with Crippen molar-refractivity contribution in [1.29, 1.82) is 0 Å². The lowest BCUT2D eigenvalue weighted by molar-refractivity contribution is 0.866. The van der Waals surface area contributed by atoms with Crippen molar-refractivity contribution in [3.8, 4) is 0 Å². The SMILES string of the molecule is Cc1ccc(N(c2ccc(/C=C/c3ccc4cc(N(c5ccc(C)cc5)c5ccc(C(C)C)cc5)ccc4c3)cc2)c2ccc(C(C)C)cc2)cc1. The maximum Gasteiger partial charge on any atom is 0.0468 e. The van der Waals surface area contributed by atoms with Gasteiger partial charge in [0.25, 0.3) is 0 Å². The number of nitrogens with zero attached hydrogens (tertiary/aromatic N) is 2. The van der Waals surface area contributed by atoms with Crippen LogP contribution >= 0.6 is 0 Å². The standard InChI is InChI=1S/C50H48N2/c1-35(2)41-17-28-48(29-18-41)51(45-22-7-37(5)8-23-45)47-26-14-39(15-27-47)11-12-40-13-16-44-34-50(32-21-43(44)33-40)52(46-24-9-38(6)10-25-46)49-30-19-42(20-31-49)36(3)4/h7-36H,1-6H3/b12-11+. The molecule has 0 aromatic heterocycles. The molecule has 2 heteroatoms. The number of fused-ring (bicyclic) bond motifs is 1. The van der Waals surface area contributed by atoms with Crippen molar-refractivity contribution in [2.45, 2.75) is 53.4 Å². The van der Waals surface area contributed by atoms with E-state index in [1.807, 2.05) is 0 Å². The molecule has 7 aromatic rings. The summed E-state index contributed by atoms with van der Waals surface area (Å²) < 4.78 is 0. The van der Waals surface area contributed by atoms with Crippen molar-refractivity contribution in [3.63, 3.8) is 0 Å². The Labute approximate surface area is 310 Å². The van der Waals surface area contributed by atoms with Crippen molar-refractivity contribution in [2.75, 3.05) is 9.80 Å². The van der Waals surface area contributed by atoms with Crippen LogP contribution in [-0.4, -0.2) is 0 Å². The minimum atomic E-state index is 0.498. The van der Waals surface area contributed by atoms with Gasteiger partial charge >= 0.3 is 0 Å². The van der Waals surface area contributed by atoms with Crippen LogP contribution in [0.25, 0.3) is 22.9 Å². The average Bonchev–Trinajstić information content (AvgIpc) is 3.16. The van der Waals surface area contributed by atoms with E-state index in [2.05, 4.69) is 221 Å². The third kappa shape index (κ3) is 7.72. The molecule has 0 atom stereocenters. The summed E-state index contributed by atoms with van der Waals surface area (Å²) in [5, 5.41) is 2.44. The van der Waals surface area contributed by atoms with E-state index >= 15 is 0 Å². The van der Waals surface area contributed by atoms with Gasteiger partial charge in [-0.05, 0) is 138 Å². The van der Waals surface area contributed by atoms with Gasteiger partial charge in [-0.15, -0.1) is 0 Å². The fourth-order valence-electron chi connectivity index (χ4n) is 6.72. The molecule has 7 rings (SSSR count).